The number of nitrogens with zero attached hydrogens (tertiary/aromatic N) is 4. The summed E-state index contributed by atoms with van der Waals surface area (Å²) in [5.41, 5.74) is 5.10. The minimum Gasteiger partial charge on any atom is -0.390 e. The molecule has 12 heteroatoms. The molecule has 0 aliphatic heterocycles. The van der Waals surface area contributed by atoms with Crippen LogP contribution >= 0.6 is 24.0 Å². The van der Waals surface area contributed by atoms with Gasteiger partial charge in [0.05, 0.1) is 12.1 Å². The first-order valence-corrected chi connectivity index (χ1v) is 10.9. The third-order valence-corrected chi connectivity index (χ3v) is 5.92. The minimum absolute atomic E-state index is 0.101. The van der Waals surface area contributed by atoms with Crippen LogP contribution in [0.1, 0.15) is 10.6 Å². The number of thiol groups is 1. The van der Waals surface area contributed by atoms with Gasteiger partial charge in [-0.15, -0.1) is 17.2 Å². The fourth-order valence-corrected chi connectivity index (χ4v) is 3.94. The highest BCUT2D eigenvalue weighted by atomic mass is 32.1. The van der Waals surface area contributed by atoms with E-state index in [-0.39, 0.29) is 16.9 Å². The molecule has 174 valence electrons. The monoisotopic (exact) mass is 498 g/mol. The summed E-state index contributed by atoms with van der Waals surface area (Å²) in [6, 6.07) is 5.29. The van der Waals surface area contributed by atoms with Gasteiger partial charge in [-0.3, -0.25) is 4.99 Å². The van der Waals surface area contributed by atoms with Gasteiger partial charge in [0.2, 0.25) is 11.6 Å². The van der Waals surface area contributed by atoms with Crippen molar-refractivity contribution in [1.29, 1.82) is 0 Å². The molecule has 0 radical (unpaired) electrons. The highest BCUT2D eigenvalue weighted by Crippen LogP contribution is 2.33. The molecule has 2 heterocycles. The summed E-state index contributed by atoms with van der Waals surface area (Å²) in [5.74, 6) is -0.754. The molecule has 0 saturated heterocycles. The number of nitrogen functional groups attached to an aromatic ring is 1. The molecular weight excluding hydrogens is 478 g/mol. The highest BCUT2D eigenvalue weighted by Gasteiger charge is 2.45. The van der Waals surface area contributed by atoms with E-state index in [2.05, 4.69) is 22.6 Å². The average Bonchev–Trinajstić information content (AvgIpc) is 2.73. The van der Waals surface area contributed by atoms with Gasteiger partial charge in [-0.1, -0.05) is 11.3 Å². The Hall–Kier alpha value is -2.83. The molecule has 2 aromatic heterocycles. The maximum Gasteiger partial charge on any atom is 0.489 e. The van der Waals surface area contributed by atoms with E-state index in [0.29, 0.717) is 45.0 Å². The summed E-state index contributed by atoms with van der Waals surface area (Å²) in [4.78, 5) is 23.0. The predicted octanol–water partition coefficient (Wildman–Crippen LogP) is 3.46. The molecule has 0 fully saturated rings. The molecule has 3 aromatic rings. The van der Waals surface area contributed by atoms with E-state index in [1.54, 1.807) is 0 Å². The zero-order valence-electron chi connectivity index (χ0n) is 17.6. The maximum atomic E-state index is 13.8. The summed E-state index contributed by atoms with van der Waals surface area (Å²) in [6.45, 7) is 1.12. The number of rotatable bonds is 6. The second kappa shape index (κ2) is 9.98. The van der Waals surface area contributed by atoms with Crippen LogP contribution in [0.25, 0.3) is 16.8 Å². The molecule has 0 saturated carbocycles. The Bertz CT molecular complexity index is 1240. The summed E-state index contributed by atoms with van der Waals surface area (Å²) in [6.07, 6.45) is -2.17. The van der Waals surface area contributed by atoms with Gasteiger partial charge in [0.1, 0.15) is 0 Å². The van der Waals surface area contributed by atoms with Gasteiger partial charge in [-0.25, -0.2) is 9.78 Å². The first-order valence-electron chi connectivity index (χ1n) is 9.53. The van der Waals surface area contributed by atoms with E-state index < -0.39 is 22.7 Å². The number of anilines is 1. The van der Waals surface area contributed by atoms with Gasteiger partial charge in [0.15, 0.2) is 5.69 Å². The fraction of sp³-hybridized carbons (Fsp3) is 0.238. The normalized spacial score (nSPS) is 12.1. The molecule has 33 heavy (non-hydrogen) atoms. The van der Waals surface area contributed by atoms with Crippen molar-refractivity contribution in [3.05, 3.63) is 62.7 Å². The summed E-state index contributed by atoms with van der Waals surface area (Å²) >= 11 is 4.74. The standard InChI is InChI=1S/C21H19F4N5OS2/c1-29(2)6-5-27-9-13-7-16(14(8-17(13)32)12-3-4-18(22)28-10-12)30-19(31)15(26)11-33-20(30)21(23,24)25/h3-4,7-11H,5-6,26H2,1-2H3/p+1. The Morgan fingerprint density at radius 2 is 2.03 bits per heavy atom. The zero-order valence-corrected chi connectivity index (χ0v) is 19.3. The number of halogens is 4. The Balaban J connectivity index is 2.31. The largest absolute Gasteiger partial charge is 0.489 e. The van der Waals surface area contributed by atoms with Crippen molar-refractivity contribution in [3.8, 4) is 16.8 Å². The van der Waals surface area contributed by atoms with Gasteiger partial charge in [-0.2, -0.15) is 17.6 Å². The molecule has 6 nitrogen and oxygen atoms in total. The van der Waals surface area contributed by atoms with Gasteiger partial charge < -0.3 is 10.6 Å². The third-order valence-electron chi connectivity index (χ3n) is 4.52. The van der Waals surface area contributed by atoms with Crippen LogP contribution in [0.4, 0.5) is 23.2 Å². The second-order valence-electron chi connectivity index (χ2n) is 7.27. The van der Waals surface area contributed by atoms with Crippen LogP contribution in [0.5, 0.6) is 0 Å². The van der Waals surface area contributed by atoms with Crippen LogP contribution in [-0.2, 0) is 6.18 Å². The molecule has 0 atom stereocenters. The lowest BCUT2D eigenvalue weighted by Gasteiger charge is -2.11. The van der Waals surface area contributed by atoms with E-state index in [1.807, 2.05) is 19.0 Å². The number of benzene rings is 1. The van der Waals surface area contributed by atoms with E-state index in [0.717, 1.165) is 11.4 Å². The lowest BCUT2D eigenvalue weighted by atomic mass is 10.0. The number of alkyl halides is 3. The Kier molecular flexibility index (Phi) is 7.50. The molecule has 1 aromatic carbocycles. The average molecular weight is 499 g/mol. The van der Waals surface area contributed by atoms with Crippen molar-refractivity contribution in [2.45, 2.75) is 11.1 Å². The van der Waals surface area contributed by atoms with Crippen molar-refractivity contribution < 1.29 is 22.1 Å². The van der Waals surface area contributed by atoms with Gasteiger partial charge in [0, 0.05) is 46.4 Å². The van der Waals surface area contributed by atoms with Gasteiger partial charge in [-0.05, 0) is 32.3 Å². The van der Waals surface area contributed by atoms with Crippen LogP contribution in [0.2, 0.25) is 0 Å². The van der Waals surface area contributed by atoms with E-state index in [1.165, 1.54) is 30.6 Å². The molecular formula is C21H20F4N5OS2+. The zero-order chi connectivity index (χ0) is 24.3. The van der Waals surface area contributed by atoms with Crippen LogP contribution in [-0.4, -0.2) is 43.3 Å². The SMILES string of the molecule is CN(C)CCN=Cc1cc(-[n+]2c(C(F)(F)F)scc(N)c2=O)c(-c2ccc(F)nc2)cc1S. The van der Waals surface area contributed by atoms with Crippen molar-refractivity contribution in [3.63, 3.8) is 0 Å². The Morgan fingerprint density at radius 1 is 1.30 bits per heavy atom. The molecule has 0 bridgehead atoms. The van der Waals surface area contributed by atoms with E-state index in [4.69, 9.17) is 5.73 Å². The first-order chi connectivity index (χ1) is 15.5. The molecule has 3 rings (SSSR count). The third kappa shape index (κ3) is 5.75. The molecule has 0 aliphatic rings. The van der Waals surface area contributed by atoms with Gasteiger partial charge in [0.25, 0.3) is 0 Å². The Labute approximate surface area is 196 Å². The molecule has 0 unspecified atom stereocenters. The number of pyridine rings is 1. The van der Waals surface area contributed by atoms with Crippen molar-refractivity contribution in [2.75, 3.05) is 32.9 Å². The van der Waals surface area contributed by atoms with Gasteiger partial charge >= 0.3 is 16.7 Å². The van der Waals surface area contributed by atoms with Crippen LogP contribution in [0, 0.1) is 5.95 Å². The number of likely N-dealkylation sites (N-methyl/N-ethyl adjacent to an activating group) is 1. The quantitative estimate of drug-likeness (QED) is 0.180. The second-order valence-corrected chi connectivity index (χ2v) is 8.61. The summed E-state index contributed by atoms with van der Waals surface area (Å²) in [5, 5.41) is -0.211. The number of nitrogens with two attached hydrogens (primary N) is 1. The maximum absolute atomic E-state index is 13.8. The van der Waals surface area contributed by atoms with E-state index in [9.17, 15) is 22.4 Å². The molecule has 0 aliphatic carbocycles. The lowest BCUT2D eigenvalue weighted by Crippen LogP contribution is -2.53. The smallest absolute Gasteiger partial charge is 0.390 e. The van der Waals surface area contributed by atoms with Crippen LogP contribution in [0.3, 0.4) is 0 Å². The first kappa shape index (κ1) is 24.8. The number of aliphatic imine (C=N–C) groups is 1. The topological polar surface area (TPSA) is 75.5 Å². The molecule has 0 spiro atoms. The minimum atomic E-state index is -4.82. The lowest BCUT2D eigenvalue weighted by molar-refractivity contribution is -0.628. The summed E-state index contributed by atoms with van der Waals surface area (Å²) in [7, 11) is 3.77. The van der Waals surface area contributed by atoms with E-state index >= 15 is 0 Å². The van der Waals surface area contributed by atoms with Crippen molar-refractivity contribution in [2.24, 2.45) is 4.99 Å². The van der Waals surface area contributed by atoms with Crippen molar-refractivity contribution in [1.82, 2.24) is 9.88 Å². The fourth-order valence-electron chi connectivity index (χ4n) is 2.92. The van der Waals surface area contributed by atoms with Crippen LogP contribution in [0.15, 0.2) is 50.5 Å². The number of hydrogen-bond donors (Lipinski definition) is 2. The predicted molar refractivity (Wildman–Crippen MR) is 123 cm³/mol. The Morgan fingerprint density at radius 3 is 2.64 bits per heavy atom. The molecule has 2 N–H and O–H groups in total. The number of hydrogen-bond acceptors (Lipinski definition) is 7. The highest BCUT2D eigenvalue weighted by molar-refractivity contribution is 7.80. The molecule has 0 amide bonds. The number of aromatic nitrogens is 2. The summed E-state index contributed by atoms with van der Waals surface area (Å²) < 4.78 is 55.4. The van der Waals surface area contributed by atoms with Crippen molar-refractivity contribution >= 4 is 35.9 Å². The van der Waals surface area contributed by atoms with Crippen LogP contribution < -0.4 is 15.9 Å².